The van der Waals surface area contributed by atoms with Crippen molar-refractivity contribution in [3.63, 3.8) is 0 Å². The van der Waals surface area contributed by atoms with Gasteiger partial charge < -0.3 is 13.7 Å². The van der Waals surface area contributed by atoms with E-state index in [0.29, 0.717) is 34.7 Å². The van der Waals surface area contributed by atoms with E-state index in [1.54, 1.807) is 12.3 Å². The molecule has 7 nitrogen and oxygen atoms in total. The molecule has 0 aliphatic carbocycles. The molecule has 0 atom stereocenters. The molecule has 0 fully saturated rings. The van der Waals surface area contributed by atoms with Crippen LogP contribution in [0.4, 0.5) is 0 Å². The molecule has 234 valence electrons. The van der Waals surface area contributed by atoms with E-state index >= 15 is 0 Å². The highest BCUT2D eigenvalue weighted by molar-refractivity contribution is 9.10. The van der Waals surface area contributed by atoms with Gasteiger partial charge in [-0.2, -0.15) is 9.78 Å². The van der Waals surface area contributed by atoms with Gasteiger partial charge in [-0.05, 0) is 96.9 Å². The number of hydrogen-bond acceptors (Lipinski definition) is 5. The molecule has 3 heterocycles. The van der Waals surface area contributed by atoms with Crippen molar-refractivity contribution in [2.45, 2.75) is 20.5 Å². The third-order valence-electron chi connectivity index (χ3n) is 8.60. The van der Waals surface area contributed by atoms with E-state index in [9.17, 15) is 4.79 Å². The van der Waals surface area contributed by atoms with Crippen LogP contribution in [-0.4, -0.2) is 20.4 Å². The minimum absolute atomic E-state index is 0.276. The van der Waals surface area contributed by atoms with Gasteiger partial charge in [0.2, 0.25) is 5.82 Å². The lowest BCUT2D eigenvalue weighted by Crippen LogP contribution is -2.20. The first-order valence-electron chi connectivity index (χ1n) is 15.6. The lowest BCUT2D eigenvalue weighted by Gasteiger charge is -2.12. The van der Waals surface area contributed by atoms with Crippen molar-refractivity contribution >= 4 is 54.8 Å². The number of fused-ring (bicyclic) bond motifs is 3. The summed E-state index contributed by atoms with van der Waals surface area (Å²) in [7, 11) is 0. The summed E-state index contributed by atoms with van der Waals surface area (Å²) in [6.07, 6.45) is 1.71. The summed E-state index contributed by atoms with van der Waals surface area (Å²) in [6.45, 7) is 4.58. The number of halogens is 1. The minimum atomic E-state index is -0.276. The maximum Gasteiger partial charge on any atom is 0.282 e. The molecule has 0 aliphatic heterocycles. The molecular formula is C40H29BrN4O3. The van der Waals surface area contributed by atoms with Crippen LogP contribution in [0.5, 0.6) is 5.75 Å². The Bertz CT molecular complexity index is 2570. The average molecular weight is 694 g/mol. The van der Waals surface area contributed by atoms with E-state index in [2.05, 4.69) is 82.0 Å². The molecule has 0 spiro atoms. The summed E-state index contributed by atoms with van der Waals surface area (Å²) < 4.78 is 16.7. The molecule has 0 aliphatic rings. The molecule has 48 heavy (non-hydrogen) atoms. The van der Waals surface area contributed by atoms with E-state index in [0.717, 1.165) is 43.8 Å². The van der Waals surface area contributed by atoms with Gasteiger partial charge in [-0.25, -0.2) is 4.98 Å². The van der Waals surface area contributed by atoms with Crippen molar-refractivity contribution in [1.82, 2.24) is 14.2 Å². The Hall–Kier alpha value is -5.73. The number of rotatable bonds is 7. The van der Waals surface area contributed by atoms with Crippen LogP contribution in [-0.2, 0) is 6.61 Å². The zero-order valence-corrected chi connectivity index (χ0v) is 27.8. The fraction of sp³-hybridized carbons (Fsp3) is 0.0750. The highest BCUT2D eigenvalue weighted by Crippen LogP contribution is 2.30. The Morgan fingerprint density at radius 1 is 0.833 bits per heavy atom. The maximum absolute atomic E-state index is 13.8. The summed E-state index contributed by atoms with van der Waals surface area (Å²) in [4.78, 5) is 18.6. The normalized spacial score (nSPS) is 11.7. The number of benzene rings is 5. The monoisotopic (exact) mass is 692 g/mol. The van der Waals surface area contributed by atoms with Crippen molar-refractivity contribution in [2.24, 2.45) is 5.10 Å². The Morgan fingerprint density at radius 2 is 1.60 bits per heavy atom. The van der Waals surface area contributed by atoms with Gasteiger partial charge >= 0.3 is 0 Å². The SMILES string of the molecule is Cc1cc(C=Nn2c(-c3cc4cc(Br)ccc4o3)nc3ccccc3c2=O)c(C)n1-c1ccc(OCc2cccc3ccccc23)cc1. The van der Waals surface area contributed by atoms with E-state index in [-0.39, 0.29) is 5.56 Å². The first-order chi connectivity index (χ1) is 23.4. The third-order valence-corrected chi connectivity index (χ3v) is 9.10. The van der Waals surface area contributed by atoms with E-state index in [1.165, 1.54) is 15.4 Å². The second kappa shape index (κ2) is 12.1. The van der Waals surface area contributed by atoms with Gasteiger partial charge in [-0.1, -0.05) is 70.5 Å². The third kappa shape index (κ3) is 5.40. The Balaban J connectivity index is 1.10. The molecule has 0 amide bonds. The second-order valence-corrected chi connectivity index (χ2v) is 12.6. The largest absolute Gasteiger partial charge is 0.489 e. The molecule has 8 aromatic rings. The molecule has 3 aromatic heterocycles. The van der Waals surface area contributed by atoms with E-state index < -0.39 is 0 Å². The van der Waals surface area contributed by atoms with Gasteiger partial charge in [0.05, 0.1) is 17.1 Å². The first kappa shape index (κ1) is 29.7. The molecule has 0 saturated carbocycles. The molecule has 0 radical (unpaired) electrons. The predicted molar refractivity (Wildman–Crippen MR) is 195 cm³/mol. The van der Waals surface area contributed by atoms with Crippen LogP contribution in [0.2, 0.25) is 0 Å². The summed E-state index contributed by atoms with van der Waals surface area (Å²) >= 11 is 3.52. The number of para-hydroxylation sites is 1. The van der Waals surface area contributed by atoms with Crippen LogP contribution < -0.4 is 10.3 Å². The number of furan rings is 1. The van der Waals surface area contributed by atoms with Gasteiger partial charge in [0.15, 0.2) is 5.76 Å². The highest BCUT2D eigenvalue weighted by atomic mass is 79.9. The van der Waals surface area contributed by atoms with Crippen molar-refractivity contribution in [1.29, 1.82) is 0 Å². The molecule has 5 aromatic carbocycles. The number of ether oxygens (including phenoxy) is 1. The topological polar surface area (TPSA) is 74.5 Å². The van der Waals surface area contributed by atoms with Gasteiger partial charge in [-0.3, -0.25) is 4.79 Å². The number of nitrogens with zero attached hydrogens (tertiary/aromatic N) is 4. The number of aryl methyl sites for hydroxylation is 1. The zero-order valence-electron chi connectivity index (χ0n) is 26.2. The molecular weight excluding hydrogens is 664 g/mol. The maximum atomic E-state index is 13.8. The highest BCUT2D eigenvalue weighted by Gasteiger charge is 2.17. The lowest BCUT2D eigenvalue weighted by molar-refractivity contribution is 0.307. The number of hydrogen-bond donors (Lipinski definition) is 0. The summed E-state index contributed by atoms with van der Waals surface area (Å²) in [6, 6.07) is 39.7. The standard InChI is InChI=1S/C40H29BrN4O3/c1-25-20-30(26(2)44(25)32-15-17-33(18-16-32)47-24-28-10-7-9-27-8-3-4-11-34(27)28)23-42-45-39(43-36-13-6-5-12-35(36)40(45)46)38-22-29-21-31(41)14-19-37(29)48-38/h3-23H,24H2,1-2H3. The Labute approximate surface area is 284 Å². The second-order valence-electron chi connectivity index (χ2n) is 11.7. The van der Waals surface area contributed by atoms with Gasteiger partial charge in [0, 0.05) is 32.5 Å². The van der Waals surface area contributed by atoms with E-state index in [1.807, 2.05) is 67.6 Å². The predicted octanol–water partition coefficient (Wildman–Crippen LogP) is 9.59. The molecule has 0 saturated heterocycles. The molecule has 8 heteroatoms. The van der Waals surface area contributed by atoms with Crippen LogP contribution in [0.25, 0.3) is 49.9 Å². The summed E-state index contributed by atoms with van der Waals surface area (Å²) in [5, 5.41) is 8.47. The Morgan fingerprint density at radius 3 is 2.46 bits per heavy atom. The lowest BCUT2D eigenvalue weighted by atomic mass is 10.1. The molecule has 0 unspecified atom stereocenters. The van der Waals surface area contributed by atoms with Crippen molar-refractivity contribution in [3.05, 3.63) is 159 Å². The van der Waals surface area contributed by atoms with Gasteiger partial charge in [-0.15, -0.1) is 0 Å². The summed E-state index contributed by atoms with van der Waals surface area (Å²) in [5.41, 5.74) is 6.04. The Kier molecular flexibility index (Phi) is 7.50. The molecule has 0 N–H and O–H groups in total. The fourth-order valence-electron chi connectivity index (χ4n) is 6.22. The van der Waals surface area contributed by atoms with Crippen LogP contribution in [0, 0.1) is 13.8 Å². The summed E-state index contributed by atoms with van der Waals surface area (Å²) in [5.74, 6) is 1.58. The van der Waals surface area contributed by atoms with Crippen LogP contribution in [0.3, 0.4) is 0 Å². The smallest absolute Gasteiger partial charge is 0.282 e. The van der Waals surface area contributed by atoms with E-state index in [4.69, 9.17) is 19.2 Å². The first-order valence-corrected chi connectivity index (χ1v) is 16.4. The average Bonchev–Trinajstić information content (AvgIpc) is 3.65. The number of aromatic nitrogens is 3. The van der Waals surface area contributed by atoms with Crippen LogP contribution in [0.1, 0.15) is 22.5 Å². The molecule has 8 rings (SSSR count). The van der Waals surface area contributed by atoms with Crippen molar-refractivity contribution in [2.75, 3.05) is 0 Å². The fourth-order valence-corrected chi connectivity index (χ4v) is 6.60. The van der Waals surface area contributed by atoms with Crippen molar-refractivity contribution in [3.8, 4) is 23.0 Å². The van der Waals surface area contributed by atoms with Crippen molar-refractivity contribution < 1.29 is 9.15 Å². The van der Waals surface area contributed by atoms with Crippen LogP contribution in [0.15, 0.2) is 140 Å². The van der Waals surface area contributed by atoms with Gasteiger partial charge in [0.25, 0.3) is 5.56 Å². The van der Waals surface area contributed by atoms with Crippen LogP contribution >= 0.6 is 15.9 Å². The minimum Gasteiger partial charge on any atom is -0.489 e. The van der Waals surface area contributed by atoms with Gasteiger partial charge in [0.1, 0.15) is 17.9 Å². The quantitative estimate of drug-likeness (QED) is 0.156. The molecule has 0 bridgehead atoms. The zero-order chi connectivity index (χ0) is 32.8.